The molecule has 0 spiro atoms. The number of allylic oxidation sites excluding steroid dienone is 1. The molecule has 0 saturated carbocycles. The highest BCUT2D eigenvalue weighted by Gasteiger charge is 2.16. The summed E-state index contributed by atoms with van der Waals surface area (Å²) in [6, 6.07) is 53.6. The molecule has 0 radical (unpaired) electrons. The first-order valence-electron chi connectivity index (χ1n) is 14.9. The number of fused-ring (bicyclic) bond motifs is 3. The Hall–Kier alpha value is -5.34. The molecule has 208 valence electrons. The molecule has 0 fully saturated rings. The summed E-state index contributed by atoms with van der Waals surface area (Å²) < 4.78 is 6.52. The van der Waals surface area contributed by atoms with Gasteiger partial charge in [-0.3, -0.25) is 0 Å². The van der Waals surface area contributed by atoms with Crippen LogP contribution in [0.2, 0.25) is 0 Å². The summed E-state index contributed by atoms with van der Waals surface area (Å²) in [7, 11) is 0. The van der Waals surface area contributed by atoms with Crippen molar-refractivity contribution in [1.29, 1.82) is 0 Å². The molecule has 0 atom stereocenters. The number of para-hydroxylation sites is 1. The Bertz CT molecular complexity index is 2000. The van der Waals surface area contributed by atoms with Gasteiger partial charge in [-0.05, 0) is 51.9 Å². The van der Waals surface area contributed by atoms with Crippen molar-refractivity contribution in [2.75, 3.05) is 0 Å². The topological polar surface area (TPSA) is 25.2 Å². The normalized spacial score (nSPS) is 11.7. The van der Waals surface area contributed by atoms with Gasteiger partial charge < -0.3 is 9.73 Å². The third-order valence-electron chi connectivity index (χ3n) is 8.06. The van der Waals surface area contributed by atoms with Crippen molar-refractivity contribution in [3.63, 3.8) is 0 Å². The Morgan fingerprint density at radius 3 is 2.05 bits per heavy atom. The molecule has 43 heavy (non-hydrogen) atoms. The molecule has 1 N–H and O–H groups in total. The third kappa shape index (κ3) is 5.86. The van der Waals surface area contributed by atoms with E-state index >= 15 is 0 Å². The summed E-state index contributed by atoms with van der Waals surface area (Å²) in [6.07, 6.45) is 3.94. The first-order valence-corrected chi connectivity index (χ1v) is 14.9. The highest BCUT2D eigenvalue weighted by atomic mass is 16.3. The van der Waals surface area contributed by atoms with Gasteiger partial charge in [0.15, 0.2) is 0 Å². The summed E-state index contributed by atoms with van der Waals surface area (Å²) in [5.74, 6) is 0. The van der Waals surface area contributed by atoms with E-state index in [0.29, 0.717) is 0 Å². The van der Waals surface area contributed by atoms with Gasteiger partial charge in [0.05, 0.1) is 0 Å². The van der Waals surface area contributed by atoms with E-state index in [1.54, 1.807) is 0 Å². The molecule has 2 heteroatoms. The second kappa shape index (κ2) is 12.3. The smallest absolute Gasteiger partial charge is 0.139 e. The molecule has 0 aliphatic heterocycles. The average molecular weight is 556 g/mol. The molecule has 0 unspecified atom stereocenters. The average Bonchev–Trinajstić information content (AvgIpc) is 3.46. The van der Waals surface area contributed by atoms with Gasteiger partial charge in [0.25, 0.3) is 0 Å². The van der Waals surface area contributed by atoms with Crippen molar-refractivity contribution in [2.45, 2.75) is 19.4 Å². The minimum Gasteiger partial charge on any atom is -0.456 e. The van der Waals surface area contributed by atoms with Crippen molar-refractivity contribution in [1.82, 2.24) is 5.32 Å². The van der Waals surface area contributed by atoms with E-state index < -0.39 is 0 Å². The molecule has 1 heterocycles. The van der Waals surface area contributed by atoms with E-state index in [0.717, 1.165) is 41.6 Å². The van der Waals surface area contributed by atoms with E-state index in [-0.39, 0.29) is 0 Å². The second-order valence-electron chi connectivity index (χ2n) is 11.0. The number of nitrogens with one attached hydrogen (secondary N) is 1. The van der Waals surface area contributed by atoms with Gasteiger partial charge in [0.1, 0.15) is 11.2 Å². The Morgan fingerprint density at radius 2 is 1.26 bits per heavy atom. The maximum Gasteiger partial charge on any atom is 0.139 e. The van der Waals surface area contributed by atoms with E-state index in [2.05, 4.69) is 157 Å². The first-order chi connectivity index (χ1) is 21.3. The molecule has 7 rings (SSSR count). The SMILES string of the molecule is C(/Cc1cccc(-c2ccc3c(oc4ccccc43)c2Cc2ccccc2)c1)=C(/NCc1ccccc1)c1ccccc1. The Labute approximate surface area is 253 Å². The maximum atomic E-state index is 6.52. The number of benzene rings is 6. The van der Waals surface area contributed by atoms with Crippen LogP contribution < -0.4 is 5.32 Å². The number of furan rings is 1. The van der Waals surface area contributed by atoms with Crippen molar-refractivity contribution in [2.24, 2.45) is 0 Å². The zero-order valence-electron chi connectivity index (χ0n) is 24.0. The Kier molecular flexibility index (Phi) is 7.57. The largest absolute Gasteiger partial charge is 0.456 e. The molecule has 0 saturated heterocycles. The van der Waals surface area contributed by atoms with Crippen LogP contribution in [0, 0.1) is 0 Å². The standard InChI is InChI=1S/C41H33NO/c1-4-13-30(14-5-1)28-38-35(24-25-37-36-21-10-11-22-40(36)43-41(37)38)34-20-12-17-31(27-34)23-26-39(33-18-8-3-9-19-33)42-29-32-15-6-2-7-16-32/h1-22,24-27,42H,23,28-29H2/b39-26-. The predicted molar refractivity (Wildman–Crippen MR) is 180 cm³/mol. The van der Waals surface area contributed by atoms with Crippen LogP contribution in [0.5, 0.6) is 0 Å². The monoisotopic (exact) mass is 555 g/mol. The van der Waals surface area contributed by atoms with Crippen LogP contribution in [0.4, 0.5) is 0 Å². The zero-order valence-corrected chi connectivity index (χ0v) is 24.0. The first kappa shape index (κ1) is 26.6. The summed E-state index contributed by atoms with van der Waals surface area (Å²) in [5.41, 5.74) is 11.7. The lowest BCUT2D eigenvalue weighted by Crippen LogP contribution is -2.12. The van der Waals surface area contributed by atoms with E-state index in [4.69, 9.17) is 4.42 Å². The minimum atomic E-state index is 0.780. The van der Waals surface area contributed by atoms with Crippen LogP contribution in [0.3, 0.4) is 0 Å². The third-order valence-corrected chi connectivity index (χ3v) is 8.06. The fourth-order valence-corrected chi connectivity index (χ4v) is 5.88. The number of rotatable bonds is 9. The lowest BCUT2D eigenvalue weighted by atomic mass is 9.92. The van der Waals surface area contributed by atoms with Crippen LogP contribution in [0.25, 0.3) is 38.8 Å². The fourth-order valence-electron chi connectivity index (χ4n) is 5.88. The van der Waals surface area contributed by atoms with Crippen molar-refractivity contribution >= 4 is 27.6 Å². The van der Waals surface area contributed by atoms with Gasteiger partial charge in [-0.1, -0.05) is 146 Å². The molecule has 0 aliphatic rings. The maximum absolute atomic E-state index is 6.52. The van der Waals surface area contributed by atoms with Crippen LogP contribution in [0.1, 0.15) is 27.8 Å². The molecule has 0 amide bonds. The predicted octanol–water partition coefficient (Wildman–Crippen LogP) is 10.2. The van der Waals surface area contributed by atoms with Gasteiger partial charge in [-0.25, -0.2) is 0 Å². The molecule has 1 aromatic heterocycles. The molecule has 0 bridgehead atoms. The van der Waals surface area contributed by atoms with Gasteiger partial charge in [0.2, 0.25) is 0 Å². The van der Waals surface area contributed by atoms with Crippen LogP contribution in [0.15, 0.2) is 162 Å². The van der Waals surface area contributed by atoms with Gasteiger partial charge in [-0.15, -0.1) is 0 Å². The van der Waals surface area contributed by atoms with Gasteiger partial charge in [0, 0.05) is 35.0 Å². The highest BCUT2D eigenvalue weighted by molar-refractivity contribution is 6.07. The summed E-state index contributed by atoms with van der Waals surface area (Å²) in [4.78, 5) is 0. The number of hydrogen-bond donors (Lipinski definition) is 1. The van der Waals surface area contributed by atoms with E-state index in [9.17, 15) is 0 Å². The second-order valence-corrected chi connectivity index (χ2v) is 11.0. The number of hydrogen-bond acceptors (Lipinski definition) is 2. The van der Waals surface area contributed by atoms with Crippen LogP contribution in [-0.4, -0.2) is 0 Å². The van der Waals surface area contributed by atoms with Crippen molar-refractivity contribution in [3.8, 4) is 11.1 Å². The highest BCUT2D eigenvalue weighted by Crippen LogP contribution is 2.37. The molecule has 7 aromatic rings. The molecular formula is C41H33NO. The molecule has 6 aromatic carbocycles. The summed E-state index contributed by atoms with van der Waals surface area (Å²) >= 11 is 0. The van der Waals surface area contributed by atoms with Crippen molar-refractivity contribution in [3.05, 3.63) is 186 Å². The van der Waals surface area contributed by atoms with Crippen LogP contribution >= 0.6 is 0 Å². The zero-order chi connectivity index (χ0) is 28.8. The van der Waals surface area contributed by atoms with Gasteiger partial charge in [-0.2, -0.15) is 0 Å². The quantitative estimate of drug-likeness (QED) is 0.192. The summed E-state index contributed by atoms with van der Waals surface area (Å²) in [5, 5.41) is 6.02. The lowest BCUT2D eigenvalue weighted by molar-refractivity contribution is 0.664. The Balaban J connectivity index is 1.25. The molecular weight excluding hydrogens is 522 g/mol. The van der Waals surface area contributed by atoms with Crippen molar-refractivity contribution < 1.29 is 4.42 Å². The van der Waals surface area contributed by atoms with Crippen LogP contribution in [-0.2, 0) is 19.4 Å². The minimum absolute atomic E-state index is 0.780. The fraction of sp³-hybridized carbons (Fsp3) is 0.0732. The Morgan fingerprint density at radius 1 is 0.581 bits per heavy atom. The van der Waals surface area contributed by atoms with E-state index in [1.165, 1.54) is 44.3 Å². The lowest BCUT2D eigenvalue weighted by Gasteiger charge is -2.14. The molecule has 0 aliphatic carbocycles. The summed E-state index contributed by atoms with van der Waals surface area (Å²) in [6.45, 7) is 0.780. The molecule has 2 nitrogen and oxygen atoms in total. The van der Waals surface area contributed by atoms with Gasteiger partial charge >= 0.3 is 0 Å². The van der Waals surface area contributed by atoms with E-state index in [1.807, 2.05) is 6.07 Å².